The van der Waals surface area contributed by atoms with Gasteiger partial charge in [0.15, 0.2) is 0 Å². The molecule has 4 nitrogen and oxygen atoms in total. The normalized spacial score (nSPS) is 16.7. The monoisotopic (exact) mass is 169 g/mol. The fourth-order valence-electron chi connectivity index (χ4n) is 0.177. The van der Waals surface area contributed by atoms with E-state index in [1.165, 1.54) is 6.08 Å². The second-order valence-electron chi connectivity index (χ2n) is 1.16. The van der Waals surface area contributed by atoms with Crippen molar-refractivity contribution in [3.8, 4) is 0 Å². The fraction of sp³-hybridized carbons (Fsp3) is 0.333. The third-order valence-corrected chi connectivity index (χ3v) is 1.80. The van der Waals surface area contributed by atoms with Gasteiger partial charge < -0.3 is 9.42 Å². The lowest BCUT2D eigenvalue weighted by Crippen LogP contribution is -1.99. The molecule has 0 fully saturated rings. The molecule has 1 atom stereocenters. The first kappa shape index (κ1) is 9.23. The van der Waals surface area contributed by atoms with Crippen molar-refractivity contribution in [3.63, 3.8) is 0 Å². The van der Waals surface area contributed by atoms with Crippen LogP contribution in [0.25, 0.3) is 0 Å². The molecule has 0 bridgehead atoms. The van der Waals surface area contributed by atoms with Gasteiger partial charge in [-0.15, -0.1) is 6.58 Å². The Bertz CT molecular complexity index is 139. The highest BCUT2D eigenvalue weighted by Crippen LogP contribution is 2.40. The van der Waals surface area contributed by atoms with Crippen molar-refractivity contribution in [1.29, 1.82) is 0 Å². The van der Waals surface area contributed by atoms with Crippen molar-refractivity contribution in [1.82, 2.24) is 0 Å². The first-order valence-corrected chi connectivity index (χ1v) is 4.68. The molecular formula is C3H8NO3PS. The van der Waals surface area contributed by atoms with E-state index in [2.05, 4.69) is 33.4 Å². The maximum Gasteiger partial charge on any atom is 0.341 e. The molecular weight excluding hydrogens is 161 g/mol. The smallest absolute Gasteiger partial charge is 0.323 e. The highest BCUT2D eigenvalue weighted by Gasteiger charge is 2.10. The van der Waals surface area contributed by atoms with Crippen LogP contribution in [0.2, 0.25) is 0 Å². The van der Waals surface area contributed by atoms with E-state index in [0.717, 1.165) is 0 Å². The molecule has 0 rings (SSSR count). The van der Waals surface area contributed by atoms with Gasteiger partial charge in [-0.25, -0.2) is 10.5 Å². The Kier molecular flexibility index (Phi) is 4.22. The highest BCUT2D eigenvalue weighted by atomic mass is 32.5. The number of nitrogens with two attached hydrogens (primary N) is 1. The van der Waals surface area contributed by atoms with Crippen molar-refractivity contribution < 1.29 is 14.0 Å². The van der Waals surface area contributed by atoms with Crippen molar-refractivity contribution in [2.24, 2.45) is 5.90 Å². The van der Waals surface area contributed by atoms with Crippen LogP contribution in [-0.2, 0) is 21.0 Å². The molecule has 1 unspecified atom stereocenters. The van der Waals surface area contributed by atoms with E-state index < -0.39 is 6.72 Å². The molecule has 0 saturated carbocycles. The van der Waals surface area contributed by atoms with Crippen LogP contribution in [0.5, 0.6) is 0 Å². The van der Waals surface area contributed by atoms with Crippen LogP contribution in [0, 0.1) is 0 Å². The predicted octanol–water partition coefficient (Wildman–Crippen LogP) is 0.296. The molecule has 0 aliphatic heterocycles. The minimum atomic E-state index is -3.15. The summed E-state index contributed by atoms with van der Waals surface area (Å²) in [4.78, 5) is 8.76. The molecule has 0 aromatic heterocycles. The Hall–Kier alpha value is 0.230. The standard InChI is InChI=1S/C3H8NO3PS/c1-2-3-6-8(5,9)7-4/h2H,1,3-4H2,(H,5,9). The van der Waals surface area contributed by atoms with Crippen molar-refractivity contribution >= 4 is 18.5 Å². The van der Waals surface area contributed by atoms with Crippen LogP contribution < -0.4 is 5.90 Å². The van der Waals surface area contributed by atoms with E-state index in [0.29, 0.717) is 0 Å². The molecule has 0 amide bonds. The number of hydrogen-bond donors (Lipinski definition) is 2. The van der Waals surface area contributed by atoms with Gasteiger partial charge >= 0.3 is 6.72 Å². The van der Waals surface area contributed by atoms with E-state index in [1.807, 2.05) is 0 Å². The Morgan fingerprint density at radius 2 is 2.44 bits per heavy atom. The summed E-state index contributed by atoms with van der Waals surface area (Å²) < 4.78 is 8.50. The maximum atomic E-state index is 8.76. The molecule has 0 aromatic carbocycles. The second-order valence-corrected chi connectivity index (χ2v) is 3.95. The summed E-state index contributed by atoms with van der Waals surface area (Å²) in [6, 6.07) is 0. The van der Waals surface area contributed by atoms with Gasteiger partial charge in [-0.1, -0.05) is 6.08 Å². The molecule has 3 N–H and O–H groups in total. The lowest BCUT2D eigenvalue weighted by atomic mass is 10.7. The van der Waals surface area contributed by atoms with Gasteiger partial charge in [0.1, 0.15) is 0 Å². The maximum absolute atomic E-state index is 8.76. The lowest BCUT2D eigenvalue weighted by Gasteiger charge is -2.08. The molecule has 0 aromatic rings. The van der Waals surface area contributed by atoms with E-state index >= 15 is 0 Å². The van der Waals surface area contributed by atoms with Gasteiger partial charge in [-0.2, -0.15) is 0 Å². The van der Waals surface area contributed by atoms with Gasteiger partial charge in [-0.3, -0.25) is 0 Å². The van der Waals surface area contributed by atoms with Crippen LogP contribution in [0.4, 0.5) is 0 Å². The van der Waals surface area contributed by atoms with Crippen LogP contribution in [-0.4, -0.2) is 11.5 Å². The van der Waals surface area contributed by atoms with E-state index in [4.69, 9.17) is 4.89 Å². The predicted molar refractivity (Wildman–Crippen MR) is 37.9 cm³/mol. The van der Waals surface area contributed by atoms with Crippen molar-refractivity contribution in [2.45, 2.75) is 0 Å². The highest BCUT2D eigenvalue weighted by molar-refractivity contribution is 8.07. The SMILES string of the molecule is C=CCOP(O)(=S)ON. The largest absolute Gasteiger partial charge is 0.341 e. The molecule has 9 heavy (non-hydrogen) atoms. The zero-order valence-corrected chi connectivity index (χ0v) is 6.40. The molecule has 0 saturated heterocycles. The van der Waals surface area contributed by atoms with Crippen molar-refractivity contribution in [2.75, 3.05) is 6.61 Å². The zero-order chi connectivity index (χ0) is 7.33. The van der Waals surface area contributed by atoms with Gasteiger partial charge in [0, 0.05) is 0 Å². The Balaban J connectivity index is 3.58. The van der Waals surface area contributed by atoms with Gasteiger partial charge in [0.2, 0.25) is 0 Å². The van der Waals surface area contributed by atoms with Crippen LogP contribution >= 0.6 is 6.72 Å². The average molecular weight is 169 g/mol. The van der Waals surface area contributed by atoms with E-state index in [1.54, 1.807) is 0 Å². The first-order chi connectivity index (χ1) is 4.12. The number of rotatable bonds is 4. The first-order valence-electron chi connectivity index (χ1n) is 2.09. The Morgan fingerprint density at radius 1 is 1.89 bits per heavy atom. The molecule has 0 spiro atoms. The third kappa shape index (κ3) is 4.72. The summed E-state index contributed by atoms with van der Waals surface area (Å²) in [6.07, 6.45) is 1.44. The van der Waals surface area contributed by atoms with Crippen LogP contribution in [0.1, 0.15) is 0 Å². The van der Waals surface area contributed by atoms with Gasteiger partial charge in [0.05, 0.1) is 6.61 Å². The molecule has 6 heteroatoms. The molecule has 0 aliphatic rings. The summed E-state index contributed by atoms with van der Waals surface area (Å²) in [5.41, 5.74) is 0. The van der Waals surface area contributed by atoms with Crippen molar-refractivity contribution in [3.05, 3.63) is 12.7 Å². The molecule has 0 radical (unpaired) electrons. The Morgan fingerprint density at radius 3 is 2.78 bits per heavy atom. The summed E-state index contributed by atoms with van der Waals surface area (Å²) in [5, 5.41) is 0. The number of hydrogen-bond acceptors (Lipinski definition) is 4. The molecule has 0 heterocycles. The summed E-state index contributed by atoms with van der Waals surface area (Å²) >= 11 is 4.36. The average Bonchev–Trinajstić information content (AvgIpc) is 1.84. The topological polar surface area (TPSA) is 64.7 Å². The van der Waals surface area contributed by atoms with Gasteiger partial charge in [0.25, 0.3) is 0 Å². The molecule has 0 aliphatic carbocycles. The lowest BCUT2D eigenvalue weighted by molar-refractivity contribution is 0.215. The van der Waals surface area contributed by atoms with Crippen LogP contribution in [0.3, 0.4) is 0 Å². The van der Waals surface area contributed by atoms with E-state index in [9.17, 15) is 0 Å². The fourth-order valence-corrected chi connectivity index (χ4v) is 0.715. The quantitative estimate of drug-likeness (QED) is 0.360. The second kappa shape index (κ2) is 4.11. The van der Waals surface area contributed by atoms with E-state index in [-0.39, 0.29) is 6.61 Å². The summed E-state index contributed by atoms with van der Waals surface area (Å²) in [6.45, 7) is 0.331. The van der Waals surface area contributed by atoms with Gasteiger partial charge in [-0.05, 0) is 11.8 Å². The minimum Gasteiger partial charge on any atom is -0.323 e. The third-order valence-electron chi connectivity index (χ3n) is 0.489. The summed E-state index contributed by atoms with van der Waals surface area (Å²) in [7, 11) is 0. The van der Waals surface area contributed by atoms with Crippen LogP contribution in [0.15, 0.2) is 12.7 Å². The summed E-state index contributed by atoms with van der Waals surface area (Å²) in [5.74, 6) is 4.58. The zero-order valence-electron chi connectivity index (χ0n) is 4.69. The minimum absolute atomic E-state index is 0.144. The molecule has 54 valence electrons. The Labute approximate surface area is 58.5 Å².